The zero-order chi connectivity index (χ0) is 18.8. The lowest BCUT2D eigenvalue weighted by Gasteiger charge is -2.24. The minimum Gasteiger partial charge on any atom is -0.355 e. The van der Waals surface area contributed by atoms with Gasteiger partial charge in [0.1, 0.15) is 0 Å². The summed E-state index contributed by atoms with van der Waals surface area (Å²) in [6, 6.07) is 8.54. The molecule has 1 atom stereocenters. The van der Waals surface area contributed by atoms with Gasteiger partial charge in [-0.1, -0.05) is 26.0 Å². The van der Waals surface area contributed by atoms with Gasteiger partial charge in [-0.15, -0.1) is 24.0 Å². The third-order valence-corrected chi connectivity index (χ3v) is 4.81. The fourth-order valence-corrected chi connectivity index (χ4v) is 3.32. The first kappa shape index (κ1) is 23.7. The summed E-state index contributed by atoms with van der Waals surface area (Å²) in [5.41, 5.74) is 1.99. The van der Waals surface area contributed by atoms with Gasteiger partial charge in [0.25, 0.3) is 0 Å². The summed E-state index contributed by atoms with van der Waals surface area (Å²) in [7, 11) is 1.80. The number of nitrogens with one attached hydrogen (secondary N) is 3. The predicted molar refractivity (Wildman–Crippen MR) is 124 cm³/mol. The lowest BCUT2D eigenvalue weighted by molar-refractivity contribution is -0.116. The molecule has 0 radical (unpaired) electrons. The molecular weight excluding hydrogens is 453 g/mol. The van der Waals surface area contributed by atoms with Gasteiger partial charge < -0.3 is 16.0 Å². The second-order valence-corrected chi connectivity index (χ2v) is 6.73. The zero-order valence-corrected chi connectivity index (χ0v) is 19.1. The van der Waals surface area contributed by atoms with Gasteiger partial charge in [-0.05, 0) is 50.0 Å². The highest BCUT2D eigenvalue weighted by Gasteiger charge is 2.22. The van der Waals surface area contributed by atoms with Crippen molar-refractivity contribution in [2.24, 2.45) is 4.99 Å². The number of carbonyl (C=O) groups is 1. The van der Waals surface area contributed by atoms with E-state index in [1.54, 1.807) is 7.05 Å². The molecule has 1 fully saturated rings. The molecule has 0 bridgehead atoms. The van der Waals surface area contributed by atoms with Crippen molar-refractivity contribution >= 4 is 41.5 Å². The highest BCUT2D eigenvalue weighted by atomic mass is 127. The highest BCUT2D eigenvalue weighted by Crippen LogP contribution is 2.15. The Kier molecular flexibility index (Phi) is 11.3. The van der Waals surface area contributed by atoms with Crippen LogP contribution in [0, 0.1) is 0 Å². The van der Waals surface area contributed by atoms with Crippen LogP contribution < -0.4 is 16.0 Å². The monoisotopic (exact) mass is 487 g/mol. The summed E-state index contributed by atoms with van der Waals surface area (Å²) in [5, 5.41) is 9.70. The first-order chi connectivity index (χ1) is 12.7. The van der Waals surface area contributed by atoms with Gasteiger partial charge in [0.15, 0.2) is 5.96 Å². The zero-order valence-electron chi connectivity index (χ0n) is 16.8. The van der Waals surface area contributed by atoms with E-state index in [4.69, 9.17) is 0 Å². The Balaban J connectivity index is 0.00000364. The van der Waals surface area contributed by atoms with E-state index in [1.807, 2.05) is 31.2 Å². The van der Waals surface area contributed by atoms with Gasteiger partial charge in [0.05, 0.1) is 0 Å². The molecule has 1 aliphatic rings. The Hall–Kier alpha value is -1.35. The van der Waals surface area contributed by atoms with E-state index < -0.39 is 0 Å². The number of halogens is 1. The van der Waals surface area contributed by atoms with Gasteiger partial charge in [-0.25, -0.2) is 0 Å². The molecule has 0 saturated carbocycles. The van der Waals surface area contributed by atoms with E-state index in [0.29, 0.717) is 19.0 Å². The van der Waals surface area contributed by atoms with Crippen LogP contribution in [-0.4, -0.2) is 49.5 Å². The summed E-state index contributed by atoms with van der Waals surface area (Å²) in [6.07, 6.45) is 3.95. The molecule has 1 aliphatic heterocycles. The minimum atomic E-state index is 0. The normalized spacial score (nSPS) is 17.3. The first-order valence-corrected chi connectivity index (χ1v) is 9.73. The van der Waals surface area contributed by atoms with Crippen molar-refractivity contribution in [3.8, 4) is 0 Å². The minimum absolute atomic E-state index is 0. The van der Waals surface area contributed by atoms with Crippen LogP contribution in [-0.2, 0) is 11.3 Å². The van der Waals surface area contributed by atoms with Crippen molar-refractivity contribution in [2.45, 2.75) is 52.1 Å². The fourth-order valence-electron chi connectivity index (χ4n) is 3.32. The smallest absolute Gasteiger partial charge is 0.224 e. The molecule has 3 N–H and O–H groups in total. The number of nitrogens with zero attached hydrogens (tertiary/aromatic N) is 2. The molecule has 152 valence electrons. The predicted octanol–water partition coefficient (Wildman–Crippen LogP) is 3.19. The molecule has 1 unspecified atom stereocenters. The SMILES string of the molecule is CCCC(=O)Nc1ccc(CNC(=NC)NCC2CCCN2CC)cc1.I. The van der Waals surface area contributed by atoms with Crippen molar-refractivity contribution in [3.05, 3.63) is 29.8 Å². The van der Waals surface area contributed by atoms with Crippen molar-refractivity contribution in [1.29, 1.82) is 0 Å². The number of likely N-dealkylation sites (tertiary alicyclic amines) is 1. The third-order valence-electron chi connectivity index (χ3n) is 4.81. The van der Waals surface area contributed by atoms with Crippen LogP contribution in [0.15, 0.2) is 29.3 Å². The van der Waals surface area contributed by atoms with Gasteiger partial charge in [0, 0.05) is 38.3 Å². The lowest BCUT2D eigenvalue weighted by atomic mass is 10.2. The topological polar surface area (TPSA) is 68.8 Å². The molecule has 6 nitrogen and oxygen atoms in total. The molecule has 0 spiro atoms. The van der Waals surface area contributed by atoms with Crippen LogP contribution >= 0.6 is 24.0 Å². The quantitative estimate of drug-likeness (QED) is 0.299. The van der Waals surface area contributed by atoms with Crippen LogP contribution in [0.1, 0.15) is 45.1 Å². The Morgan fingerprint density at radius 1 is 1.22 bits per heavy atom. The molecule has 0 aromatic heterocycles. The molecular formula is C20H34IN5O. The van der Waals surface area contributed by atoms with E-state index in [-0.39, 0.29) is 29.9 Å². The van der Waals surface area contributed by atoms with Crippen LogP contribution in [0.25, 0.3) is 0 Å². The third kappa shape index (κ3) is 8.04. The molecule has 0 aliphatic carbocycles. The molecule has 7 heteroatoms. The number of aliphatic imine (C=N–C) groups is 1. The summed E-state index contributed by atoms with van der Waals surface area (Å²) < 4.78 is 0. The van der Waals surface area contributed by atoms with E-state index in [9.17, 15) is 4.79 Å². The van der Waals surface area contributed by atoms with Crippen molar-refractivity contribution < 1.29 is 4.79 Å². The number of rotatable bonds is 8. The number of benzene rings is 1. The standard InChI is InChI=1S/C20H33N5O.HI/c1-4-7-19(26)24-17-11-9-16(10-12-17)14-22-20(21-3)23-15-18-8-6-13-25(18)5-2;/h9-12,18H,4-8,13-15H2,1-3H3,(H,24,26)(H2,21,22,23);1H. The number of hydrogen-bond donors (Lipinski definition) is 3. The molecule has 1 aromatic carbocycles. The van der Waals surface area contributed by atoms with Gasteiger partial charge in [-0.2, -0.15) is 0 Å². The largest absolute Gasteiger partial charge is 0.355 e. The summed E-state index contributed by atoms with van der Waals surface area (Å²) in [4.78, 5) is 18.5. The molecule has 27 heavy (non-hydrogen) atoms. The van der Waals surface area contributed by atoms with Crippen molar-refractivity contribution in [3.63, 3.8) is 0 Å². The van der Waals surface area contributed by atoms with Crippen molar-refractivity contribution in [2.75, 3.05) is 32.0 Å². The molecule has 1 aromatic rings. The molecule has 2 rings (SSSR count). The molecule has 1 heterocycles. The molecule has 1 amide bonds. The summed E-state index contributed by atoms with van der Waals surface area (Å²) in [6.45, 7) is 8.16. The summed E-state index contributed by atoms with van der Waals surface area (Å²) >= 11 is 0. The van der Waals surface area contributed by atoms with E-state index in [1.165, 1.54) is 19.4 Å². The Labute approximate surface area is 180 Å². The van der Waals surface area contributed by atoms with Crippen LogP contribution in [0.2, 0.25) is 0 Å². The lowest BCUT2D eigenvalue weighted by Crippen LogP contribution is -2.44. The Morgan fingerprint density at radius 2 is 1.96 bits per heavy atom. The maximum Gasteiger partial charge on any atom is 0.224 e. The highest BCUT2D eigenvalue weighted by molar-refractivity contribution is 14.0. The van der Waals surface area contributed by atoms with Crippen LogP contribution in [0.4, 0.5) is 5.69 Å². The van der Waals surface area contributed by atoms with E-state index in [2.05, 4.69) is 32.8 Å². The second kappa shape index (κ2) is 12.9. The molecule has 1 saturated heterocycles. The Bertz CT molecular complexity index is 591. The van der Waals surface area contributed by atoms with Crippen molar-refractivity contribution in [1.82, 2.24) is 15.5 Å². The number of anilines is 1. The number of guanidine groups is 1. The summed E-state index contributed by atoms with van der Waals surface area (Å²) in [5.74, 6) is 0.893. The number of amides is 1. The maximum absolute atomic E-state index is 11.6. The Morgan fingerprint density at radius 3 is 2.59 bits per heavy atom. The van der Waals surface area contributed by atoms with Crippen LogP contribution in [0.5, 0.6) is 0 Å². The first-order valence-electron chi connectivity index (χ1n) is 9.73. The number of carbonyl (C=O) groups excluding carboxylic acids is 1. The van der Waals surface area contributed by atoms with Gasteiger partial charge in [0.2, 0.25) is 5.91 Å². The average molecular weight is 487 g/mol. The van der Waals surface area contributed by atoms with Gasteiger partial charge in [-0.3, -0.25) is 14.7 Å². The second-order valence-electron chi connectivity index (χ2n) is 6.73. The van der Waals surface area contributed by atoms with Gasteiger partial charge >= 0.3 is 0 Å². The van der Waals surface area contributed by atoms with E-state index >= 15 is 0 Å². The van der Waals surface area contributed by atoms with Crippen LogP contribution in [0.3, 0.4) is 0 Å². The van der Waals surface area contributed by atoms with E-state index in [0.717, 1.165) is 36.7 Å². The number of likely N-dealkylation sites (N-methyl/N-ethyl adjacent to an activating group) is 1. The average Bonchev–Trinajstić information content (AvgIpc) is 3.11. The fraction of sp³-hybridized carbons (Fsp3) is 0.600. The maximum atomic E-state index is 11.6. The number of hydrogen-bond acceptors (Lipinski definition) is 3.